The van der Waals surface area contributed by atoms with Gasteiger partial charge in [0.05, 0.1) is 17.9 Å². The number of amides is 2. The van der Waals surface area contributed by atoms with Crippen LogP contribution in [0.5, 0.6) is 5.75 Å². The van der Waals surface area contributed by atoms with E-state index >= 15 is 0 Å². The topological polar surface area (TPSA) is 92.3 Å². The Morgan fingerprint density at radius 1 is 1.19 bits per heavy atom. The van der Waals surface area contributed by atoms with Gasteiger partial charge in [-0.3, -0.25) is 14.6 Å². The van der Waals surface area contributed by atoms with Crippen molar-refractivity contribution in [3.8, 4) is 5.75 Å². The molecule has 3 rings (SSSR count). The number of nitrogens with zero attached hydrogens (tertiary/aromatic N) is 2. The fraction of sp³-hybridized carbons (Fsp3) is 0.370. The third kappa shape index (κ3) is 7.39. The second kappa shape index (κ2) is 12.8. The first-order valence-corrected chi connectivity index (χ1v) is 11.9. The van der Waals surface area contributed by atoms with Gasteiger partial charge >= 0.3 is 0 Å². The first-order chi connectivity index (χ1) is 17.3. The predicted octanol–water partition coefficient (Wildman–Crippen LogP) is 4.85. The molecule has 0 aliphatic carbocycles. The molecule has 1 heterocycles. The number of ether oxygens (including phenoxy) is 2. The molecule has 2 N–H and O–H groups in total. The Bertz CT molecular complexity index is 1120. The lowest BCUT2D eigenvalue weighted by molar-refractivity contribution is -0.133. The molecule has 8 nitrogen and oxygen atoms in total. The summed E-state index contributed by atoms with van der Waals surface area (Å²) in [5.41, 5.74) is 2.12. The second-order valence-corrected chi connectivity index (χ2v) is 8.67. The van der Waals surface area contributed by atoms with E-state index in [1.54, 1.807) is 55.5 Å². The lowest BCUT2D eigenvalue weighted by Gasteiger charge is -2.16. The minimum absolute atomic E-state index is 0.158. The Hall–Kier alpha value is -3.72. The third-order valence-electron chi connectivity index (χ3n) is 5.72. The van der Waals surface area contributed by atoms with Crippen LogP contribution in [0.3, 0.4) is 0 Å². The molecule has 1 saturated heterocycles. The second-order valence-electron chi connectivity index (χ2n) is 8.67. The average Bonchev–Trinajstić information content (AvgIpc) is 3.27. The summed E-state index contributed by atoms with van der Waals surface area (Å²) in [6.45, 7) is 9.89. The van der Waals surface area contributed by atoms with Crippen LogP contribution in [0.25, 0.3) is 5.70 Å². The Morgan fingerprint density at radius 2 is 1.89 bits per heavy atom. The molecule has 1 fully saturated rings. The van der Waals surface area contributed by atoms with Crippen LogP contribution in [0.1, 0.15) is 32.3 Å². The highest BCUT2D eigenvalue weighted by Gasteiger charge is 2.24. The number of aliphatic imine (C=N–C) groups is 1. The molecule has 1 aliphatic rings. The van der Waals surface area contributed by atoms with Gasteiger partial charge in [-0.15, -0.1) is 0 Å². The van der Waals surface area contributed by atoms with Gasteiger partial charge in [0.25, 0.3) is 0 Å². The van der Waals surface area contributed by atoms with Gasteiger partial charge in [0.2, 0.25) is 11.8 Å². The van der Waals surface area contributed by atoms with Crippen LogP contribution < -0.4 is 15.4 Å². The smallest absolute Gasteiger partial charge is 0.233 e. The third-order valence-corrected chi connectivity index (χ3v) is 5.72. The van der Waals surface area contributed by atoms with E-state index in [1.165, 1.54) is 6.07 Å². The Kier molecular flexibility index (Phi) is 9.58. The lowest BCUT2D eigenvalue weighted by Crippen LogP contribution is -2.31. The summed E-state index contributed by atoms with van der Waals surface area (Å²) in [6, 6.07) is 9.79. The van der Waals surface area contributed by atoms with E-state index in [2.05, 4.69) is 29.1 Å². The molecule has 0 spiro atoms. The fourth-order valence-electron chi connectivity index (χ4n) is 3.92. The van der Waals surface area contributed by atoms with Crippen LogP contribution in [0.2, 0.25) is 0 Å². The standard InChI is InChI=1S/C27H33FN4O4/c1-5-29-24-15-22(36-13-12-35-4)14-23(28)27(24)19(3)30-20-6-8-21(9-7-20)31-25(33)16-26(34)32-11-10-18(2)17-32/h5-9,14-15,18,30H,3,10-13,16-17H2,1-2,4H3,(H,31,33). The fourth-order valence-corrected chi connectivity index (χ4v) is 3.92. The molecule has 1 atom stereocenters. The number of carbonyl (C=O) groups is 2. The van der Waals surface area contributed by atoms with E-state index in [0.29, 0.717) is 54.1 Å². The van der Waals surface area contributed by atoms with Crippen LogP contribution >= 0.6 is 0 Å². The molecule has 0 saturated carbocycles. The van der Waals surface area contributed by atoms with Crippen molar-refractivity contribution < 1.29 is 23.5 Å². The number of halogens is 1. The number of likely N-dealkylation sites (tertiary alicyclic amines) is 1. The molecule has 1 aliphatic heterocycles. The van der Waals surface area contributed by atoms with Crippen molar-refractivity contribution in [1.29, 1.82) is 0 Å². The maximum Gasteiger partial charge on any atom is 0.233 e. The van der Waals surface area contributed by atoms with Crippen LogP contribution in [-0.2, 0) is 14.3 Å². The SMILES string of the molecule is C=C(Nc1ccc(NC(=O)CC(=O)N2CCC(C)C2)cc1)c1c(F)cc(OCCOC)cc1N=CC. The number of benzene rings is 2. The highest BCUT2D eigenvalue weighted by molar-refractivity contribution is 6.03. The van der Waals surface area contributed by atoms with E-state index in [-0.39, 0.29) is 30.4 Å². The Labute approximate surface area is 211 Å². The van der Waals surface area contributed by atoms with Gasteiger partial charge in [-0.2, -0.15) is 0 Å². The molecule has 0 aromatic heterocycles. The molecule has 0 radical (unpaired) electrons. The largest absolute Gasteiger partial charge is 0.491 e. The van der Waals surface area contributed by atoms with Crippen molar-refractivity contribution >= 4 is 40.8 Å². The van der Waals surface area contributed by atoms with E-state index < -0.39 is 5.82 Å². The summed E-state index contributed by atoms with van der Waals surface area (Å²) in [7, 11) is 1.56. The molecule has 1 unspecified atom stereocenters. The number of anilines is 2. The number of carbonyl (C=O) groups excluding carboxylic acids is 2. The van der Waals surface area contributed by atoms with Gasteiger partial charge in [-0.25, -0.2) is 4.39 Å². The summed E-state index contributed by atoms with van der Waals surface area (Å²) in [4.78, 5) is 30.6. The summed E-state index contributed by atoms with van der Waals surface area (Å²) >= 11 is 0. The van der Waals surface area contributed by atoms with Crippen molar-refractivity contribution in [2.24, 2.45) is 10.9 Å². The van der Waals surface area contributed by atoms with Crippen molar-refractivity contribution in [1.82, 2.24) is 4.90 Å². The Morgan fingerprint density at radius 3 is 2.50 bits per heavy atom. The maximum atomic E-state index is 15.0. The molecule has 2 aromatic rings. The highest BCUT2D eigenvalue weighted by atomic mass is 19.1. The van der Waals surface area contributed by atoms with Crippen molar-refractivity contribution in [2.75, 3.05) is 44.0 Å². The predicted molar refractivity (Wildman–Crippen MR) is 140 cm³/mol. The van der Waals surface area contributed by atoms with Gasteiger partial charge in [-0.1, -0.05) is 13.5 Å². The molecule has 192 valence electrons. The van der Waals surface area contributed by atoms with E-state index in [4.69, 9.17) is 9.47 Å². The van der Waals surface area contributed by atoms with E-state index in [9.17, 15) is 14.0 Å². The van der Waals surface area contributed by atoms with Crippen LogP contribution in [0.4, 0.5) is 21.5 Å². The van der Waals surface area contributed by atoms with Crippen LogP contribution in [0, 0.1) is 11.7 Å². The van der Waals surface area contributed by atoms with Crippen LogP contribution in [0.15, 0.2) is 48.0 Å². The van der Waals surface area contributed by atoms with Gasteiger partial charge in [-0.05, 0) is 43.5 Å². The normalized spacial score (nSPS) is 15.2. The number of hydrogen-bond acceptors (Lipinski definition) is 6. The van der Waals surface area contributed by atoms with Crippen molar-refractivity contribution in [3.05, 3.63) is 54.4 Å². The van der Waals surface area contributed by atoms with E-state index in [1.807, 2.05) is 0 Å². The quantitative estimate of drug-likeness (QED) is 0.264. The molecular weight excluding hydrogens is 463 g/mol. The molecule has 2 amide bonds. The number of rotatable bonds is 11. The minimum atomic E-state index is -0.524. The minimum Gasteiger partial charge on any atom is -0.491 e. The highest BCUT2D eigenvalue weighted by Crippen LogP contribution is 2.33. The zero-order chi connectivity index (χ0) is 26.1. The van der Waals surface area contributed by atoms with Gasteiger partial charge in [0, 0.05) is 55.6 Å². The molecule has 9 heteroatoms. The maximum absolute atomic E-state index is 15.0. The van der Waals surface area contributed by atoms with Crippen molar-refractivity contribution in [3.63, 3.8) is 0 Å². The summed E-state index contributed by atoms with van der Waals surface area (Å²) in [6.07, 6.45) is 2.35. The zero-order valence-corrected chi connectivity index (χ0v) is 21.0. The molecule has 36 heavy (non-hydrogen) atoms. The number of nitrogens with one attached hydrogen (secondary N) is 2. The molecule has 0 bridgehead atoms. The van der Waals surface area contributed by atoms with Crippen LogP contribution in [-0.4, -0.2) is 56.3 Å². The van der Waals surface area contributed by atoms with Crippen molar-refractivity contribution in [2.45, 2.75) is 26.7 Å². The zero-order valence-electron chi connectivity index (χ0n) is 21.0. The Balaban J connectivity index is 1.62. The molecule has 2 aromatic carbocycles. The van der Waals surface area contributed by atoms with Gasteiger partial charge < -0.3 is 25.0 Å². The summed E-state index contributed by atoms with van der Waals surface area (Å²) < 4.78 is 25.5. The van der Waals surface area contributed by atoms with Gasteiger partial charge in [0.1, 0.15) is 24.6 Å². The first kappa shape index (κ1) is 26.9. The average molecular weight is 497 g/mol. The van der Waals surface area contributed by atoms with E-state index in [0.717, 1.165) is 6.42 Å². The lowest BCUT2D eigenvalue weighted by atomic mass is 10.1. The number of hydrogen-bond donors (Lipinski definition) is 2. The number of methoxy groups -OCH3 is 1. The first-order valence-electron chi connectivity index (χ1n) is 11.9. The summed E-state index contributed by atoms with van der Waals surface area (Å²) in [5, 5.41) is 5.82. The summed E-state index contributed by atoms with van der Waals surface area (Å²) in [5.74, 6) is -0.225. The van der Waals surface area contributed by atoms with Gasteiger partial charge in [0.15, 0.2) is 0 Å². The monoisotopic (exact) mass is 496 g/mol. The molecular formula is C27H33FN4O4.